The molecule has 3 aliphatic rings. The zero-order valence-electron chi connectivity index (χ0n) is 15.9. The molecule has 2 bridgehead atoms. The first-order valence-corrected chi connectivity index (χ1v) is 10.0. The van der Waals surface area contributed by atoms with E-state index in [-0.39, 0.29) is 10.5 Å². The minimum absolute atomic E-state index is 0.219. The van der Waals surface area contributed by atoms with Crippen LogP contribution in [0.2, 0.25) is 0 Å². The van der Waals surface area contributed by atoms with Crippen LogP contribution in [0.3, 0.4) is 0 Å². The molecule has 6 nitrogen and oxygen atoms in total. The number of fused-ring (bicyclic) bond motifs is 2. The number of alkyl halides is 3. The fourth-order valence-corrected chi connectivity index (χ4v) is 5.03. The van der Waals surface area contributed by atoms with Gasteiger partial charge in [-0.2, -0.15) is 18.3 Å². The SMILES string of the molecule is C[C@@H]1[C@H]2C[C@@H](C[C@H]1Nc1cnn(CC(=O)NCC(F)(F)F)c(=O)c1Br)C2(C)C. The van der Waals surface area contributed by atoms with Gasteiger partial charge >= 0.3 is 6.18 Å². The highest BCUT2D eigenvalue weighted by atomic mass is 79.9. The van der Waals surface area contributed by atoms with E-state index in [1.165, 1.54) is 12.6 Å². The predicted octanol–water partition coefficient (Wildman–Crippen LogP) is 3.17. The van der Waals surface area contributed by atoms with E-state index in [4.69, 9.17) is 0 Å². The van der Waals surface area contributed by atoms with E-state index in [2.05, 4.69) is 47.1 Å². The van der Waals surface area contributed by atoms with Gasteiger partial charge in [0.15, 0.2) is 0 Å². The third kappa shape index (κ3) is 4.06. The van der Waals surface area contributed by atoms with Crippen LogP contribution in [0.25, 0.3) is 0 Å². The van der Waals surface area contributed by atoms with Crippen molar-refractivity contribution in [3.8, 4) is 0 Å². The molecule has 0 radical (unpaired) electrons. The van der Waals surface area contributed by atoms with Gasteiger partial charge in [-0.25, -0.2) is 4.68 Å². The minimum Gasteiger partial charge on any atom is -0.380 e. The Hall–Kier alpha value is -1.58. The third-order valence-corrected chi connectivity index (χ3v) is 7.23. The van der Waals surface area contributed by atoms with Crippen LogP contribution in [0, 0.1) is 23.2 Å². The largest absolute Gasteiger partial charge is 0.405 e. The van der Waals surface area contributed by atoms with Crippen molar-refractivity contribution in [2.24, 2.45) is 23.2 Å². The number of hydrogen-bond acceptors (Lipinski definition) is 4. The normalized spacial score (nSPS) is 28.4. The highest BCUT2D eigenvalue weighted by molar-refractivity contribution is 9.10. The quantitative estimate of drug-likeness (QED) is 0.701. The van der Waals surface area contributed by atoms with Crippen molar-refractivity contribution in [1.82, 2.24) is 15.1 Å². The van der Waals surface area contributed by atoms with Crippen molar-refractivity contribution in [1.29, 1.82) is 0 Å². The van der Waals surface area contributed by atoms with Crippen molar-refractivity contribution in [3.05, 3.63) is 21.0 Å². The van der Waals surface area contributed by atoms with Gasteiger partial charge in [0, 0.05) is 6.04 Å². The molecule has 3 saturated carbocycles. The molecule has 28 heavy (non-hydrogen) atoms. The number of carbonyl (C=O) groups is 1. The summed E-state index contributed by atoms with van der Waals surface area (Å²) in [5, 5.41) is 9.06. The number of rotatable bonds is 5. The number of aromatic nitrogens is 2. The van der Waals surface area contributed by atoms with Crippen LogP contribution in [0.4, 0.5) is 18.9 Å². The fourth-order valence-electron chi connectivity index (χ4n) is 4.61. The van der Waals surface area contributed by atoms with E-state index in [0.717, 1.165) is 11.1 Å². The fraction of sp³-hybridized carbons (Fsp3) is 0.722. The van der Waals surface area contributed by atoms with Gasteiger partial charge in [0.2, 0.25) is 5.91 Å². The molecule has 0 aromatic carbocycles. The average Bonchev–Trinajstić information content (AvgIpc) is 2.60. The number of amides is 1. The number of halogens is 4. The summed E-state index contributed by atoms with van der Waals surface area (Å²) in [6.07, 6.45) is -0.824. The van der Waals surface area contributed by atoms with Crippen LogP contribution in [-0.4, -0.2) is 34.5 Å². The molecule has 4 rings (SSSR count). The summed E-state index contributed by atoms with van der Waals surface area (Å²) in [4.78, 5) is 24.1. The van der Waals surface area contributed by atoms with Gasteiger partial charge in [-0.05, 0) is 51.9 Å². The Balaban J connectivity index is 1.66. The zero-order valence-corrected chi connectivity index (χ0v) is 17.5. The second kappa shape index (κ2) is 7.35. The smallest absolute Gasteiger partial charge is 0.380 e. The van der Waals surface area contributed by atoms with E-state index < -0.39 is 30.7 Å². The molecule has 0 spiro atoms. The Morgan fingerprint density at radius 1 is 1.39 bits per heavy atom. The molecule has 3 aliphatic carbocycles. The lowest BCUT2D eigenvalue weighted by Crippen LogP contribution is -2.58. The van der Waals surface area contributed by atoms with Crippen LogP contribution >= 0.6 is 15.9 Å². The maximum atomic E-state index is 12.4. The van der Waals surface area contributed by atoms with E-state index in [0.29, 0.717) is 28.9 Å². The first kappa shape index (κ1) is 21.1. The predicted molar refractivity (Wildman–Crippen MR) is 102 cm³/mol. The second-order valence-electron chi connectivity index (χ2n) is 8.43. The Bertz CT molecular complexity index is 824. The molecule has 1 aromatic heterocycles. The first-order valence-electron chi connectivity index (χ1n) is 9.25. The number of carbonyl (C=O) groups excluding carboxylic acids is 1. The van der Waals surface area contributed by atoms with E-state index in [1.54, 1.807) is 5.32 Å². The topological polar surface area (TPSA) is 76.0 Å². The average molecular weight is 465 g/mol. The van der Waals surface area contributed by atoms with Crippen LogP contribution in [-0.2, 0) is 11.3 Å². The lowest BCUT2D eigenvalue weighted by Gasteiger charge is -2.62. The molecular weight excluding hydrogens is 441 g/mol. The van der Waals surface area contributed by atoms with Crippen LogP contribution < -0.4 is 16.2 Å². The van der Waals surface area contributed by atoms with Gasteiger partial charge in [0.1, 0.15) is 17.6 Å². The van der Waals surface area contributed by atoms with E-state index >= 15 is 0 Å². The van der Waals surface area contributed by atoms with Crippen LogP contribution in [0.5, 0.6) is 0 Å². The summed E-state index contributed by atoms with van der Waals surface area (Å²) in [6.45, 7) is 4.81. The highest BCUT2D eigenvalue weighted by Crippen LogP contribution is 2.61. The molecule has 1 amide bonds. The van der Waals surface area contributed by atoms with Gasteiger partial charge in [-0.3, -0.25) is 9.59 Å². The number of nitrogens with zero attached hydrogens (tertiary/aromatic N) is 2. The third-order valence-electron chi connectivity index (χ3n) is 6.46. The molecule has 10 heteroatoms. The van der Waals surface area contributed by atoms with Crippen LogP contribution in [0.1, 0.15) is 33.6 Å². The molecule has 2 N–H and O–H groups in total. The molecule has 3 fully saturated rings. The number of hydrogen-bond donors (Lipinski definition) is 2. The minimum atomic E-state index is -4.51. The van der Waals surface area contributed by atoms with Crippen molar-refractivity contribution >= 4 is 27.5 Å². The molecule has 0 unspecified atom stereocenters. The van der Waals surface area contributed by atoms with Gasteiger partial charge in [0.25, 0.3) is 5.56 Å². The molecule has 0 saturated heterocycles. The Morgan fingerprint density at radius 2 is 2.07 bits per heavy atom. The van der Waals surface area contributed by atoms with Crippen LogP contribution in [0.15, 0.2) is 15.5 Å². The van der Waals surface area contributed by atoms with Gasteiger partial charge in [0.05, 0.1) is 11.9 Å². The lowest BCUT2D eigenvalue weighted by atomic mass is 9.45. The molecule has 1 heterocycles. The Kier molecular flexibility index (Phi) is 5.55. The highest BCUT2D eigenvalue weighted by Gasteiger charge is 2.56. The Morgan fingerprint density at radius 3 is 2.64 bits per heavy atom. The lowest BCUT2D eigenvalue weighted by molar-refractivity contribution is -0.138. The van der Waals surface area contributed by atoms with Crippen molar-refractivity contribution < 1.29 is 18.0 Å². The molecule has 0 aliphatic heterocycles. The summed E-state index contributed by atoms with van der Waals surface area (Å²) in [5.74, 6) is 0.800. The summed E-state index contributed by atoms with van der Waals surface area (Å²) in [6, 6.07) is 0.222. The molecular formula is C18H24BrF3N4O2. The second-order valence-corrected chi connectivity index (χ2v) is 9.23. The standard InChI is InChI=1S/C18H24BrF3N4O2/c1-9-11-4-10(17(11,2)3)5-12(9)25-13-6-24-26(16(28)15(13)19)7-14(27)23-8-18(20,21)22/h6,9-12,25H,4-5,7-8H2,1-3H3,(H,23,27)/t9-,10+,11-,12-/m1/s1. The van der Waals surface area contributed by atoms with E-state index in [1.807, 2.05) is 0 Å². The summed E-state index contributed by atoms with van der Waals surface area (Å²) < 4.78 is 37.6. The van der Waals surface area contributed by atoms with Gasteiger partial charge < -0.3 is 10.6 Å². The molecule has 156 valence electrons. The summed E-state index contributed by atoms with van der Waals surface area (Å²) >= 11 is 3.24. The number of nitrogens with one attached hydrogen (secondary N) is 2. The van der Waals surface area contributed by atoms with Crippen molar-refractivity contribution in [2.45, 2.75) is 52.4 Å². The first-order chi connectivity index (χ1) is 12.9. The summed E-state index contributed by atoms with van der Waals surface area (Å²) in [5.41, 5.74) is 0.314. The van der Waals surface area contributed by atoms with Gasteiger partial charge in [-0.1, -0.05) is 20.8 Å². The van der Waals surface area contributed by atoms with Crippen molar-refractivity contribution in [3.63, 3.8) is 0 Å². The maximum absolute atomic E-state index is 12.4. The van der Waals surface area contributed by atoms with Gasteiger partial charge in [-0.15, -0.1) is 0 Å². The molecule has 4 atom stereocenters. The van der Waals surface area contributed by atoms with Crippen molar-refractivity contribution in [2.75, 3.05) is 11.9 Å². The zero-order chi connectivity index (χ0) is 20.9. The maximum Gasteiger partial charge on any atom is 0.405 e. The number of anilines is 1. The summed E-state index contributed by atoms with van der Waals surface area (Å²) in [7, 11) is 0. The Labute approximate surface area is 169 Å². The monoisotopic (exact) mass is 464 g/mol. The van der Waals surface area contributed by atoms with E-state index in [9.17, 15) is 22.8 Å². The molecule has 1 aromatic rings.